The molecule has 0 spiro atoms. The van der Waals surface area contributed by atoms with Crippen molar-refractivity contribution in [2.75, 3.05) is 13.2 Å². The van der Waals surface area contributed by atoms with Crippen molar-refractivity contribution in [2.24, 2.45) is 0 Å². The first kappa shape index (κ1) is 14.4. The zero-order valence-corrected chi connectivity index (χ0v) is 13.8. The second-order valence-electron chi connectivity index (χ2n) is 4.84. The van der Waals surface area contributed by atoms with Crippen LogP contribution in [0.3, 0.4) is 0 Å². The molecule has 1 aliphatic rings. The van der Waals surface area contributed by atoms with Crippen LogP contribution in [0.15, 0.2) is 36.4 Å². The van der Waals surface area contributed by atoms with Gasteiger partial charge in [0.1, 0.15) is 13.2 Å². The van der Waals surface area contributed by atoms with Crippen LogP contribution >= 0.6 is 22.6 Å². The summed E-state index contributed by atoms with van der Waals surface area (Å²) in [5, 5.41) is 0. The van der Waals surface area contributed by atoms with E-state index in [1.807, 2.05) is 43.3 Å². The van der Waals surface area contributed by atoms with Gasteiger partial charge in [0.05, 0.1) is 0 Å². The van der Waals surface area contributed by atoms with Crippen molar-refractivity contribution in [2.45, 2.75) is 13.3 Å². The summed E-state index contributed by atoms with van der Waals surface area (Å²) >= 11 is 2.23. The van der Waals surface area contributed by atoms with Crippen molar-refractivity contribution in [1.29, 1.82) is 0 Å². The van der Waals surface area contributed by atoms with E-state index in [2.05, 4.69) is 22.6 Å². The number of ether oxygens (including phenoxy) is 2. The van der Waals surface area contributed by atoms with Crippen LogP contribution < -0.4 is 9.47 Å². The molecule has 108 valence electrons. The SMILES string of the molecule is CCc1cc2c(cc1C(=O)c1ccc(I)cc1)OCCO2. The average Bonchev–Trinajstić information content (AvgIpc) is 2.53. The van der Waals surface area contributed by atoms with Crippen molar-refractivity contribution in [3.63, 3.8) is 0 Å². The summed E-state index contributed by atoms with van der Waals surface area (Å²) in [5.41, 5.74) is 2.38. The summed E-state index contributed by atoms with van der Waals surface area (Å²) in [7, 11) is 0. The van der Waals surface area contributed by atoms with Crippen LogP contribution in [0.2, 0.25) is 0 Å². The Kier molecular flexibility index (Phi) is 4.14. The van der Waals surface area contributed by atoms with Crippen LogP contribution in [-0.2, 0) is 6.42 Å². The van der Waals surface area contributed by atoms with Crippen LogP contribution in [0.4, 0.5) is 0 Å². The van der Waals surface area contributed by atoms with Gasteiger partial charge in [0.2, 0.25) is 0 Å². The zero-order chi connectivity index (χ0) is 14.8. The van der Waals surface area contributed by atoms with Gasteiger partial charge in [-0.2, -0.15) is 0 Å². The number of aryl methyl sites for hydroxylation is 1. The molecule has 0 radical (unpaired) electrons. The number of hydrogen-bond acceptors (Lipinski definition) is 3. The smallest absolute Gasteiger partial charge is 0.193 e. The highest BCUT2D eigenvalue weighted by molar-refractivity contribution is 14.1. The zero-order valence-electron chi connectivity index (χ0n) is 11.7. The maximum atomic E-state index is 12.7. The number of carbonyl (C=O) groups is 1. The Morgan fingerprint density at radius 2 is 1.71 bits per heavy atom. The number of rotatable bonds is 3. The van der Waals surface area contributed by atoms with Crippen molar-refractivity contribution in [1.82, 2.24) is 0 Å². The molecule has 1 aliphatic heterocycles. The molecule has 21 heavy (non-hydrogen) atoms. The van der Waals surface area contributed by atoms with Gasteiger partial charge in [-0.05, 0) is 71.0 Å². The first-order chi connectivity index (χ1) is 10.2. The van der Waals surface area contributed by atoms with E-state index in [4.69, 9.17) is 9.47 Å². The summed E-state index contributed by atoms with van der Waals surface area (Å²) in [6, 6.07) is 11.3. The van der Waals surface area contributed by atoms with Crippen LogP contribution in [0, 0.1) is 3.57 Å². The second-order valence-corrected chi connectivity index (χ2v) is 6.09. The van der Waals surface area contributed by atoms with Gasteiger partial charge in [-0.3, -0.25) is 4.79 Å². The Hall–Kier alpha value is -1.56. The van der Waals surface area contributed by atoms with Gasteiger partial charge >= 0.3 is 0 Å². The van der Waals surface area contributed by atoms with E-state index in [1.165, 1.54) is 0 Å². The lowest BCUT2D eigenvalue weighted by Crippen LogP contribution is -2.17. The van der Waals surface area contributed by atoms with E-state index in [-0.39, 0.29) is 5.78 Å². The molecular formula is C17H15IO3. The molecule has 0 amide bonds. The van der Waals surface area contributed by atoms with Crippen molar-refractivity contribution < 1.29 is 14.3 Å². The lowest BCUT2D eigenvalue weighted by molar-refractivity contribution is 0.103. The highest BCUT2D eigenvalue weighted by atomic mass is 127. The number of benzene rings is 2. The number of carbonyl (C=O) groups excluding carboxylic acids is 1. The van der Waals surface area contributed by atoms with Crippen LogP contribution in [-0.4, -0.2) is 19.0 Å². The number of halogens is 1. The molecule has 4 heteroatoms. The number of hydrogen-bond donors (Lipinski definition) is 0. The van der Waals surface area contributed by atoms with E-state index in [1.54, 1.807) is 0 Å². The fourth-order valence-corrected chi connectivity index (χ4v) is 2.75. The van der Waals surface area contributed by atoms with Crippen LogP contribution in [0.5, 0.6) is 11.5 Å². The molecule has 0 N–H and O–H groups in total. The van der Waals surface area contributed by atoms with Gasteiger partial charge in [-0.1, -0.05) is 6.92 Å². The van der Waals surface area contributed by atoms with Crippen molar-refractivity contribution >= 4 is 28.4 Å². The lowest BCUT2D eigenvalue weighted by Gasteiger charge is -2.20. The van der Waals surface area contributed by atoms with Gasteiger partial charge < -0.3 is 9.47 Å². The quantitative estimate of drug-likeness (QED) is 0.586. The minimum absolute atomic E-state index is 0.0280. The fourth-order valence-electron chi connectivity index (χ4n) is 2.39. The topological polar surface area (TPSA) is 35.5 Å². The average molecular weight is 394 g/mol. The highest BCUT2D eigenvalue weighted by Crippen LogP contribution is 2.34. The van der Waals surface area contributed by atoms with E-state index < -0.39 is 0 Å². The standard InChI is InChI=1S/C17H15IO3/c1-2-11-9-15-16(21-8-7-20-15)10-14(11)17(19)12-3-5-13(18)6-4-12/h3-6,9-10H,2,7-8H2,1H3. The predicted molar refractivity (Wildman–Crippen MR) is 89.4 cm³/mol. The van der Waals surface area contributed by atoms with E-state index in [0.29, 0.717) is 30.1 Å². The van der Waals surface area contributed by atoms with E-state index >= 15 is 0 Å². The predicted octanol–water partition coefficient (Wildman–Crippen LogP) is 3.86. The summed E-state index contributed by atoms with van der Waals surface area (Å²) in [6.07, 6.45) is 0.780. The molecule has 0 fully saturated rings. The minimum Gasteiger partial charge on any atom is -0.486 e. The minimum atomic E-state index is 0.0280. The Balaban J connectivity index is 2.04. The van der Waals surface area contributed by atoms with E-state index in [0.717, 1.165) is 21.3 Å². The molecule has 0 aliphatic carbocycles. The second kappa shape index (κ2) is 6.05. The molecule has 3 rings (SSSR count). The number of ketones is 1. The fraction of sp³-hybridized carbons (Fsp3) is 0.235. The molecule has 0 saturated heterocycles. The van der Waals surface area contributed by atoms with Crippen molar-refractivity contribution in [3.05, 3.63) is 56.7 Å². The molecule has 0 aromatic heterocycles. The largest absolute Gasteiger partial charge is 0.486 e. The molecule has 0 atom stereocenters. The maximum Gasteiger partial charge on any atom is 0.193 e. The first-order valence-corrected chi connectivity index (χ1v) is 7.99. The Morgan fingerprint density at radius 1 is 1.10 bits per heavy atom. The van der Waals surface area contributed by atoms with Crippen LogP contribution in [0.25, 0.3) is 0 Å². The summed E-state index contributed by atoms with van der Waals surface area (Å²) in [4.78, 5) is 12.7. The Morgan fingerprint density at radius 3 is 2.33 bits per heavy atom. The van der Waals surface area contributed by atoms with Gasteiger partial charge in [0.25, 0.3) is 0 Å². The molecule has 2 aromatic rings. The van der Waals surface area contributed by atoms with E-state index in [9.17, 15) is 4.79 Å². The monoisotopic (exact) mass is 394 g/mol. The third-order valence-corrected chi connectivity index (χ3v) is 4.22. The number of fused-ring (bicyclic) bond motifs is 1. The van der Waals surface area contributed by atoms with Gasteiger partial charge in [0.15, 0.2) is 17.3 Å². The normalized spacial score (nSPS) is 13.0. The Bertz CT molecular complexity index is 677. The van der Waals surface area contributed by atoms with Gasteiger partial charge in [-0.25, -0.2) is 0 Å². The summed E-state index contributed by atoms with van der Waals surface area (Å²) < 4.78 is 12.3. The molecule has 0 bridgehead atoms. The third kappa shape index (κ3) is 2.90. The Labute approximate surface area is 137 Å². The molecule has 0 saturated carbocycles. The summed E-state index contributed by atoms with van der Waals surface area (Å²) in [6.45, 7) is 3.12. The lowest BCUT2D eigenvalue weighted by atomic mass is 9.96. The van der Waals surface area contributed by atoms with Gasteiger partial charge in [-0.15, -0.1) is 0 Å². The third-order valence-electron chi connectivity index (χ3n) is 3.50. The molecule has 3 nitrogen and oxygen atoms in total. The van der Waals surface area contributed by atoms with Gasteiger partial charge in [0, 0.05) is 14.7 Å². The highest BCUT2D eigenvalue weighted by Gasteiger charge is 2.19. The maximum absolute atomic E-state index is 12.7. The van der Waals surface area contributed by atoms with Crippen LogP contribution in [0.1, 0.15) is 28.4 Å². The molecule has 1 heterocycles. The molecule has 2 aromatic carbocycles. The first-order valence-electron chi connectivity index (χ1n) is 6.92. The van der Waals surface area contributed by atoms with Crippen molar-refractivity contribution in [3.8, 4) is 11.5 Å². The molecular weight excluding hydrogens is 379 g/mol. The summed E-state index contributed by atoms with van der Waals surface area (Å²) in [5.74, 6) is 1.42. The molecule has 0 unspecified atom stereocenters.